The summed E-state index contributed by atoms with van der Waals surface area (Å²) < 4.78 is 0. The Morgan fingerprint density at radius 1 is 1.75 bits per heavy atom. The van der Waals surface area contributed by atoms with Gasteiger partial charge in [0.1, 0.15) is 0 Å². The average Bonchev–Trinajstić information content (AvgIpc) is 0.918. The molecule has 0 aliphatic rings. The van der Waals surface area contributed by atoms with Crippen LogP contribution in [-0.4, -0.2) is 0 Å². The first-order valence-corrected chi connectivity index (χ1v) is 0.474. The van der Waals surface area contributed by atoms with Crippen molar-refractivity contribution < 1.29 is 29.6 Å². The largest absolute Gasteiger partial charge is 1.00 e. The molecule has 0 aromatic carbocycles. The molecule has 0 atom stereocenters. The number of nitriles is 1. The van der Waals surface area contributed by atoms with Gasteiger partial charge in [-0.1, -0.05) is 6.19 Å². The first kappa shape index (κ1) is 8.85. The van der Waals surface area contributed by atoms with Crippen molar-refractivity contribution in [2.45, 2.75) is 0 Å². The molecule has 0 bridgehead atoms. The Bertz CT molecular complexity index is 27.5. The predicted molar refractivity (Wildman–Crippen MR) is 9.93 cm³/mol. The van der Waals surface area contributed by atoms with Crippen LogP contribution in [0.25, 0.3) is 5.73 Å². The van der Waals surface area contributed by atoms with Gasteiger partial charge in [-0.15, -0.1) is 0 Å². The number of rotatable bonds is 0. The fourth-order valence-corrected chi connectivity index (χ4v) is 0. The molecule has 0 rings (SSSR count). The molecule has 0 aliphatic carbocycles. The molecule has 2 nitrogen and oxygen atoms in total. The van der Waals surface area contributed by atoms with Crippen molar-refractivity contribution in [3.05, 3.63) is 5.73 Å². The smallest absolute Gasteiger partial charge is 0.494 e. The quantitative estimate of drug-likeness (QED) is 0.227. The van der Waals surface area contributed by atoms with Crippen molar-refractivity contribution in [3.8, 4) is 6.19 Å². The molecule has 3 heteroatoms. The predicted octanol–water partition coefficient (Wildman–Crippen LogP) is -2.48. The van der Waals surface area contributed by atoms with Gasteiger partial charge in [-0.2, -0.15) is 0 Å². The van der Waals surface area contributed by atoms with Crippen molar-refractivity contribution in [1.82, 2.24) is 0 Å². The Kier molecular flexibility index (Phi) is 23.0. The van der Waals surface area contributed by atoms with Crippen molar-refractivity contribution in [3.63, 3.8) is 0 Å². The van der Waals surface area contributed by atoms with Gasteiger partial charge < -0.3 is 11.0 Å². The van der Waals surface area contributed by atoms with Gasteiger partial charge in [0.25, 0.3) is 0 Å². The Morgan fingerprint density at radius 2 is 1.75 bits per heavy atom. The van der Waals surface area contributed by atoms with Crippen molar-refractivity contribution in [2.75, 3.05) is 0 Å². The molecule has 0 unspecified atom stereocenters. The van der Waals surface area contributed by atoms with E-state index in [2.05, 4.69) is 0 Å². The normalized spacial score (nSPS) is 1.75. The summed E-state index contributed by atoms with van der Waals surface area (Å²) in [5.74, 6) is 0. The van der Waals surface area contributed by atoms with E-state index in [4.69, 9.17) is 11.0 Å². The molecule has 0 fully saturated rings. The zero-order chi connectivity index (χ0) is 2.71. The monoisotopic (exact) mass is 64.0 g/mol. The third-order valence-corrected chi connectivity index (χ3v) is 0. The number of hydrogen-bond donors (Lipinski definition) is 0. The molecule has 16 valence electrons. The maximum atomic E-state index is 6.99. The molecular weight excluding hydrogens is 63.0 g/mol. The second-order valence-electron chi connectivity index (χ2n) is 0.112. The SMILES string of the molecule is N#C[NH-].[Na+]. The van der Waals surface area contributed by atoms with Crippen LogP contribution in [0, 0.1) is 11.5 Å². The van der Waals surface area contributed by atoms with E-state index in [9.17, 15) is 0 Å². The second kappa shape index (κ2) is 10.4. The van der Waals surface area contributed by atoms with Crippen LogP contribution in [-0.2, 0) is 0 Å². The molecule has 0 amide bonds. The first-order chi connectivity index (χ1) is 1.41. The van der Waals surface area contributed by atoms with Crippen molar-refractivity contribution in [2.24, 2.45) is 0 Å². The molecule has 0 spiro atoms. The summed E-state index contributed by atoms with van der Waals surface area (Å²) in [4.78, 5) is 0. The Morgan fingerprint density at radius 3 is 1.75 bits per heavy atom. The van der Waals surface area contributed by atoms with Crippen LogP contribution < -0.4 is 29.6 Å². The van der Waals surface area contributed by atoms with Gasteiger partial charge in [0.05, 0.1) is 0 Å². The average molecular weight is 64.0 g/mol. The minimum atomic E-state index is 0. The second-order valence-corrected chi connectivity index (χ2v) is 0.112. The van der Waals surface area contributed by atoms with Crippen LogP contribution in [0.2, 0.25) is 0 Å². The fourth-order valence-electron chi connectivity index (χ4n) is 0. The minimum absolute atomic E-state index is 0. The van der Waals surface area contributed by atoms with Gasteiger partial charge in [-0.3, -0.25) is 0 Å². The van der Waals surface area contributed by atoms with Gasteiger partial charge in [-0.05, 0) is 0 Å². The summed E-state index contributed by atoms with van der Waals surface area (Å²) in [7, 11) is 0. The maximum Gasteiger partial charge on any atom is 1.00 e. The summed E-state index contributed by atoms with van der Waals surface area (Å²) in [6.07, 6.45) is 1.00. The van der Waals surface area contributed by atoms with Crippen LogP contribution in [0.5, 0.6) is 0 Å². The number of nitrogens with one attached hydrogen (secondary N) is 1. The summed E-state index contributed by atoms with van der Waals surface area (Å²) in [6.45, 7) is 0. The van der Waals surface area contributed by atoms with E-state index in [1.54, 1.807) is 0 Å². The van der Waals surface area contributed by atoms with E-state index in [1.165, 1.54) is 0 Å². The molecule has 0 aliphatic heterocycles. The zero-order valence-corrected chi connectivity index (χ0v) is 4.45. The van der Waals surface area contributed by atoms with E-state index in [0.717, 1.165) is 6.19 Å². The molecule has 0 aromatic heterocycles. The van der Waals surface area contributed by atoms with E-state index < -0.39 is 0 Å². The third-order valence-electron chi connectivity index (χ3n) is 0. The first-order valence-electron chi connectivity index (χ1n) is 0.474. The van der Waals surface area contributed by atoms with Crippen LogP contribution in [0.4, 0.5) is 0 Å². The van der Waals surface area contributed by atoms with Gasteiger partial charge in [-0.25, -0.2) is 0 Å². The van der Waals surface area contributed by atoms with Crippen molar-refractivity contribution >= 4 is 0 Å². The Labute approximate surface area is 46.9 Å². The molecular formula is CHN2Na. The van der Waals surface area contributed by atoms with E-state index >= 15 is 0 Å². The van der Waals surface area contributed by atoms with E-state index in [1.807, 2.05) is 0 Å². The summed E-state index contributed by atoms with van der Waals surface area (Å²) in [5.41, 5.74) is 5.51. The van der Waals surface area contributed by atoms with Gasteiger partial charge in [0, 0.05) is 0 Å². The third kappa shape index (κ3) is 45.3. The molecule has 4 heavy (non-hydrogen) atoms. The zero-order valence-electron chi connectivity index (χ0n) is 2.45. The maximum absolute atomic E-state index is 6.99. The van der Waals surface area contributed by atoms with Gasteiger partial charge in [0.2, 0.25) is 0 Å². The Hall–Kier alpha value is 0.290. The summed E-state index contributed by atoms with van der Waals surface area (Å²) >= 11 is 0. The molecule has 0 aromatic rings. The number of nitrogens with zero attached hydrogens (tertiary/aromatic N) is 1. The van der Waals surface area contributed by atoms with E-state index in [0.29, 0.717) is 0 Å². The fraction of sp³-hybridized carbons (Fsp3) is 0. The molecule has 0 saturated heterocycles. The van der Waals surface area contributed by atoms with Gasteiger partial charge in [0.15, 0.2) is 0 Å². The molecule has 0 heterocycles. The van der Waals surface area contributed by atoms with Crippen molar-refractivity contribution in [1.29, 1.82) is 5.26 Å². The Balaban J connectivity index is 0. The van der Waals surface area contributed by atoms with Crippen LogP contribution in [0.3, 0.4) is 0 Å². The summed E-state index contributed by atoms with van der Waals surface area (Å²) in [6, 6.07) is 0. The molecule has 0 saturated carbocycles. The topological polar surface area (TPSA) is 47.6 Å². The molecule has 0 radical (unpaired) electrons. The van der Waals surface area contributed by atoms with Crippen LogP contribution in [0.1, 0.15) is 0 Å². The van der Waals surface area contributed by atoms with Gasteiger partial charge >= 0.3 is 29.6 Å². The molecule has 1 N–H and O–H groups in total. The van der Waals surface area contributed by atoms with E-state index in [-0.39, 0.29) is 29.6 Å². The summed E-state index contributed by atoms with van der Waals surface area (Å²) in [5, 5.41) is 6.99. The van der Waals surface area contributed by atoms with Crippen LogP contribution >= 0.6 is 0 Å². The standard InChI is InChI=1S/CHN2.Na/c2-1-3;/h2H;/q-1;+1. The van der Waals surface area contributed by atoms with Crippen LogP contribution in [0.15, 0.2) is 0 Å². The number of hydrogen-bond acceptors (Lipinski definition) is 1. The minimum Gasteiger partial charge on any atom is -0.494 e.